The second-order valence-corrected chi connectivity index (χ2v) is 6.33. The highest BCUT2D eigenvalue weighted by Crippen LogP contribution is 2.25. The number of anilines is 1. The fraction of sp³-hybridized carbons (Fsp3) is 0.400. The topological polar surface area (TPSA) is 66.9 Å². The molecule has 0 aliphatic heterocycles. The van der Waals surface area contributed by atoms with Crippen molar-refractivity contribution in [3.8, 4) is 0 Å². The van der Waals surface area contributed by atoms with Gasteiger partial charge >= 0.3 is 0 Å². The third-order valence-corrected chi connectivity index (χ3v) is 4.38. The molecule has 0 saturated carbocycles. The predicted octanol–water partition coefficient (Wildman–Crippen LogP) is 2.86. The first kappa shape index (κ1) is 15.4. The number of carbonyl (C=O) groups is 1. The van der Waals surface area contributed by atoms with Gasteiger partial charge in [-0.3, -0.25) is 4.79 Å². The van der Waals surface area contributed by atoms with E-state index >= 15 is 0 Å². The van der Waals surface area contributed by atoms with Crippen LogP contribution in [0.2, 0.25) is 0 Å². The molecule has 0 atom stereocenters. The van der Waals surface area contributed by atoms with Gasteiger partial charge in [-0.15, -0.1) is 11.3 Å². The van der Waals surface area contributed by atoms with Crippen LogP contribution in [0.1, 0.15) is 40.6 Å². The molecule has 1 amide bonds. The number of nitrogens with one attached hydrogen (secondary N) is 2. The number of hydrogen-bond donors (Lipinski definition) is 2. The quantitative estimate of drug-likeness (QED) is 0.911. The summed E-state index contributed by atoms with van der Waals surface area (Å²) >= 11 is 1.55. The van der Waals surface area contributed by atoms with Crippen molar-refractivity contribution in [3.05, 3.63) is 39.5 Å². The number of thiazole rings is 1. The van der Waals surface area contributed by atoms with E-state index in [9.17, 15) is 4.79 Å². The summed E-state index contributed by atoms with van der Waals surface area (Å²) in [5.74, 6) is 0.420. The zero-order valence-electron chi connectivity index (χ0n) is 12.9. The molecule has 21 heavy (non-hydrogen) atoms. The Kier molecular flexibility index (Phi) is 4.27. The first-order valence-electron chi connectivity index (χ1n) is 6.74. The molecule has 0 aliphatic carbocycles. The molecule has 2 aromatic rings. The van der Waals surface area contributed by atoms with Gasteiger partial charge in [0.1, 0.15) is 10.8 Å². The maximum atomic E-state index is 12.5. The monoisotopic (exact) mass is 304 g/mol. The number of pyridine rings is 1. The van der Waals surface area contributed by atoms with Crippen molar-refractivity contribution < 1.29 is 4.79 Å². The van der Waals surface area contributed by atoms with E-state index in [0.29, 0.717) is 11.4 Å². The summed E-state index contributed by atoms with van der Waals surface area (Å²) < 4.78 is 0. The Morgan fingerprint density at radius 1 is 1.19 bits per heavy atom. The van der Waals surface area contributed by atoms with Crippen LogP contribution in [0.4, 0.5) is 5.82 Å². The van der Waals surface area contributed by atoms with Gasteiger partial charge in [0.15, 0.2) is 0 Å². The number of aryl methyl sites for hydroxylation is 2. The van der Waals surface area contributed by atoms with Crippen molar-refractivity contribution in [3.63, 3.8) is 0 Å². The standard InChI is InChI=1S/C15H20N4OS/c1-9-6-7-11(12(16-5)17-9)13(20)19-15(3,4)14-18-10(2)8-21-14/h6-8H,1-5H3,(H,16,17)(H,19,20). The highest BCUT2D eigenvalue weighted by atomic mass is 32.1. The smallest absolute Gasteiger partial charge is 0.255 e. The molecule has 112 valence electrons. The van der Waals surface area contributed by atoms with E-state index < -0.39 is 5.54 Å². The Morgan fingerprint density at radius 3 is 2.48 bits per heavy atom. The van der Waals surface area contributed by atoms with E-state index in [1.54, 1.807) is 24.5 Å². The minimum Gasteiger partial charge on any atom is -0.372 e. The fourth-order valence-corrected chi connectivity index (χ4v) is 2.85. The summed E-state index contributed by atoms with van der Waals surface area (Å²) in [6.07, 6.45) is 0. The van der Waals surface area contributed by atoms with Crippen molar-refractivity contribution in [1.82, 2.24) is 15.3 Å². The molecule has 2 aromatic heterocycles. The van der Waals surface area contributed by atoms with Crippen LogP contribution >= 0.6 is 11.3 Å². The van der Waals surface area contributed by atoms with Gasteiger partial charge in [0.05, 0.1) is 11.1 Å². The molecular formula is C15H20N4OS. The number of rotatable bonds is 4. The maximum absolute atomic E-state index is 12.5. The van der Waals surface area contributed by atoms with Gasteiger partial charge in [0.25, 0.3) is 5.91 Å². The number of nitrogens with zero attached hydrogens (tertiary/aromatic N) is 2. The van der Waals surface area contributed by atoms with Crippen LogP contribution in [-0.4, -0.2) is 22.9 Å². The minimum absolute atomic E-state index is 0.162. The molecule has 2 heterocycles. The lowest BCUT2D eigenvalue weighted by atomic mass is 10.1. The number of amides is 1. The average molecular weight is 304 g/mol. The number of aromatic nitrogens is 2. The van der Waals surface area contributed by atoms with Crippen LogP contribution in [0.25, 0.3) is 0 Å². The maximum Gasteiger partial charge on any atom is 0.255 e. The summed E-state index contributed by atoms with van der Waals surface area (Å²) in [5.41, 5.74) is 1.84. The zero-order valence-corrected chi connectivity index (χ0v) is 13.8. The normalized spacial score (nSPS) is 11.3. The molecular weight excluding hydrogens is 284 g/mol. The molecule has 0 radical (unpaired) electrons. The van der Waals surface area contributed by atoms with Crippen LogP contribution in [0.3, 0.4) is 0 Å². The second kappa shape index (κ2) is 5.81. The lowest BCUT2D eigenvalue weighted by molar-refractivity contribution is 0.0912. The Balaban J connectivity index is 2.25. The van der Waals surface area contributed by atoms with Crippen molar-refractivity contribution in [1.29, 1.82) is 0 Å². The highest BCUT2D eigenvalue weighted by molar-refractivity contribution is 7.09. The largest absolute Gasteiger partial charge is 0.372 e. The molecule has 2 rings (SSSR count). The molecule has 0 fully saturated rings. The van der Waals surface area contributed by atoms with Gasteiger partial charge in [0.2, 0.25) is 0 Å². The summed E-state index contributed by atoms with van der Waals surface area (Å²) in [5, 5.41) is 8.86. The summed E-state index contributed by atoms with van der Waals surface area (Å²) in [6, 6.07) is 3.61. The lowest BCUT2D eigenvalue weighted by Gasteiger charge is -2.24. The molecule has 0 unspecified atom stereocenters. The van der Waals surface area contributed by atoms with E-state index in [4.69, 9.17) is 0 Å². The number of hydrogen-bond acceptors (Lipinski definition) is 5. The van der Waals surface area contributed by atoms with Crippen molar-refractivity contribution in [2.45, 2.75) is 33.2 Å². The minimum atomic E-state index is -0.522. The second-order valence-electron chi connectivity index (χ2n) is 5.47. The summed E-state index contributed by atoms with van der Waals surface area (Å²) in [7, 11) is 1.76. The molecule has 2 N–H and O–H groups in total. The Bertz CT molecular complexity index is 663. The Hall–Kier alpha value is -1.95. The first-order valence-corrected chi connectivity index (χ1v) is 7.62. The van der Waals surface area contributed by atoms with Crippen LogP contribution in [-0.2, 0) is 5.54 Å². The molecule has 0 spiro atoms. The number of carbonyl (C=O) groups excluding carboxylic acids is 1. The first-order chi connectivity index (χ1) is 9.83. The van der Waals surface area contributed by atoms with Gasteiger partial charge in [0, 0.05) is 23.8 Å². The molecule has 6 heteroatoms. The third kappa shape index (κ3) is 3.39. The molecule has 0 bridgehead atoms. The van der Waals surface area contributed by atoms with E-state index in [0.717, 1.165) is 16.4 Å². The lowest BCUT2D eigenvalue weighted by Crippen LogP contribution is -2.41. The molecule has 0 aliphatic rings. The van der Waals surface area contributed by atoms with Crippen LogP contribution < -0.4 is 10.6 Å². The van der Waals surface area contributed by atoms with Gasteiger partial charge in [-0.1, -0.05) is 0 Å². The molecule has 0 saturated heterocycles. The zero-order chi connectivity index (χ0) is 15.6. The SMILES string of the molecule is CNc1nc(C)ccc1C(=O)NC(C)(C)c1nc(C)cs1. The third-order valence-electron chi connectivity index (χ3n) is 3.10. The van der Waals surface area contributed by atoms with Gasteiger partial charge in [-0.25, -0.2) is 9.97 Å². The van der Waals surface area contributed by atoms with Crippen molar-refractivity contribution in [2.24, 2.45) is 0 Å². The molecule has 0 aromatic carbocycles. The van der Waals surface area contributed by atoms with E-state index in [1.165, 1.54) is 0 Å². The van der Waals surface area contributed by atoms with E-state index in [1.807, 2.05) is 39.1 Å². The van der Waals surface area contributed by atoms with Crippen LogP contribution in [0.15, 0.2) is 17.5 Å². The highest BCUT2D eigenvalue weighted by Gasteiger charge is 2.27. The van der Waals surface area contributed by atoms with Gasteiger partial charge in [-0.2, -0.15) is 0 Å². The van der Waals surface area contributed by atoms with E-state index in [-0.39, 0.29) is 5.91 Å². The van der Waals surface area contributed by atoms with Crippen LogP contribution in [0, 0.1) is 13.8 Å². The van der Waals surface area contributed by atoms with Gasteiger partial charge in [-0.05, 0) is 39.8 Å². The fourth-order valence-electron chi connectivity index (χ4n) is 1.98. The van der Waals surface area contributed by atoms with Crippen molar-refractivity contribution in [2.75, 3.05) is 12.4 Å². The summed E-state index contributed by atoms with van der Waals surface area (Å²) in [6.45, 7) is 7.74. The Morgan fingerprint density at radius 2 is 1.90 bits per heavy atom. The summed E-state index contributed by atoms with van der Waals surface area (Å²) in [4.78, 5) is 21.3. The van der Waals surface area contributed by atoms with Crippen molar-refractivity contribution >= 4 is 23.1 Å². The van der Waals surface area contributed by atoms with Gasteiger partial charge < -0.3 is 10.6 Å². The van der Waals surface area contributed by atoms with Crippen LogP contribution in [0.5, 0.6) is 0 Å². The molecule has 5 nitrogen and oxygen atoms in total. The predicted molar refractivity (Wildman–Crippen MR) is 85.9 cm³/mol. The van der Waals surface area contributed by atoms with E-state index in [2.05, 4.69) is 20.6 Å². The average Bonchev–Trinajstić information content (AvgIpc) is 2.85. The Labute approximate surface area is 128 Å².